The predicted octanol–water partition coefficient (Wildman–Crippen LogP) is 3.60. The summed E-state index contributed by atoms with van der Waals surface area (Å²) in [7, 11) is 3.20. The molecule has 7 nitrogen and oxygen atoms in total. The Morgan fingerprint density at radius 1 is 1.27 bits per heavy atom. The Kier molecular flexibility index (Phi) is 5.22. The molecular weight excluding hydrogens is 352 g/mol. The number of aryl methyl sites for hydroxylation is 2. The van der Waals surface area contributed by atoms with E-state index >= 15 is 0 Å². The molecule has 0 spiro atoms. The molecule has 2 heterocycles. The summed E-state index contributed by atoms with van der Waals surface area (Å²) in [5.74, 6) is 1.09. The van der Waals surface area contributed by atoms with Crippen molar-refractivity contribution >= 4 is 22.4 Å². The van der Waals surface area contributed by atoms with E-state index < -0.39 is 0 Å². The van der Waals surface area contributed by atoms with Crippen LogP contribution in [0.15, 0.2) is 29.6 Å². The Bertz CT molecular complexity index is 932. The van der Waals surface area contributed by atoms with Crippen molar-refractivity contribution in [3.05, 3.63) is 41.0 Å². The minimum absolute atomic E-state index is 0.275. The number of nitrogens with one attached hydrogen (secondary N) is 1. The Morgan fingerprint density at radius 2 is 2.08 bits per heavy atom. The predicted molar refractivity (Wildman–Crippen MR) is 101 cm³/mol. The third-order valence-electron chi connectivity index (χ3n) is 3.92. The fourth-order valence-electron chi connectivity index (χ4n) is 2.57. The molecule has 0 aliphatic carbocycles. The maximum atomic E-state index is 12.4. The van der Waals surface area contributed by atoms with Gasteiger partial charge in [0.05, 0.1) is 19.9 Å². The van der Waals surface area contributed by atoms with E-state index in [0.29, 0.717) is 22.3 Å². The van der Waals surface area contributed by atoms with Crippen LogP contribution in [-0.2, 0) is 6.54 Å². The van der Waals surface area contributed by atoms with Gasteiger partial charge in [0.2, 0.25) is 0 Å². The summed E-state index contributed by atoms with van der Waals surface area (Å²) >= 11 is 1.35. The Morgan fingerprint density at radius 3 is 2.73 bits per heavy atom. The maximum absolute atomic E-state index is 12.4. The van der Waals surface area contributed by atoms with E-state index in [1.165, 1.54) is 11.3 Å². The van der Waals surface area contributed by atoms with Crippen LogP contribution in [0.4, 0.5) is 5.13 Å². The lowest BCUT2D eigenvalue weighted by molar-refractivity contribution is 0.102. The van der Waals surface area contributed by atoms with Crippen LogP contribution in [0.3, 0.4) is 0 Å². The highest BCUT2D eigenvalue weighted by atomic mass is 32.1. The van der Waals surface area contributed by atoms with Gasteiger partial charge in [-0.25, -0.2) is 4.98 Å². The first-order chi connectivity index (χ1) is 12.5. The van der Waals surface area contributed by atoms with Crippen molar-refractivity contribution in [2.24, 2.45) is 0 Å². The molecule has 136 valence electrons. The van der Waals surface area contributed by atoms with E-state index in [-0.39, 0.29) is 5.91 Å². The van der Waals surface area contributed by atoms with E-state index in [9.17, 15) is 4.79 Å². The molecule has 0 aliphatic heterocycles. The second kappa shape index (κ2) is 7.57. The van der Waals surface area contributed by atoms with E-state index in [4.69, 9.17) is 9.47 Å². The number of thiazole rings is 1. The van der Waals surface area contributed by atoms with Gasteiger partial charge in [-0.2, -0.15) is 5.10 Å². The highest BCUT2D eigenvalue weighted by Gasteiger charge is 2.16. The molecule has 0 aliphatic rings. The second-order valence-corrected chi connectivity index (χ2v) is 6.40. The van der Waals surface area contributed by atoms with Crippen LogP contribution < -0.4 is 14.8 Å². The molecule has 3 rings (SSSR count). The number of hydrogen-bond donors (Lipinski definition) is 1. The van der Waals surface area contributed by atoms with Gasteiger partial charge in [0.25, 0.3) is 5.91 Å². The minimum atomic E-state index is -0.275. The molecule has 0 unspecified atom stereocenters. The quantitative estimate of drug-likeness (QED) is 0.715. The maximum Gasteiger partial charge on any atom is 0.277 e. The van der Waals surface area contributed by atoms with Crippen LogP contribution in [0.1, 0.15) is 23.1 Å². The van der Waals surface area contributed by atoms with Crippen LogP contribution >= 0.6 is 11.3 Å². The number of aromatic nitrogens is 3. The minimum Gasteiger partial charge on any atom is -0.497 e. The fraction of sp³-hybridized carbons (Fsp3) is 0.278. The van der Waals surface area contributed by atoms with E-state index in [0.717, 1.165) is 23.5 Å². The summed E-state index contributed by atoms with van der Waals surface area (Å²) in [6, 6.07) is 7.28. The van der Waals surface area contributed by atoms with Crippen molar-refractivity contribution in [1.82, 2.24) is 14.8 Å². The van der Waals surface area contributed by atoms with Crippen LogP contribution in [0.2, 0.25) is 0 Å². The number of nitrogens with zero attached hydrogens (tertiary/aromatic N) is 3. The van der Waals surface area contributed by atoms with Crippen molar-refractivity contribution in [1.29, 1.82) is 0 Å². The monoisotopic (exact) mass is 372 g/mol. The zero-order chi connectivity index (χ0) is 18.7. The van der Waals surface area contributed by atoms with Gasteiger partial charge in [-0.05, 0) is 32.0 Å². The van der Waals surface area contributed by atoms with Crippen molar-refractivity contribution in [3.63, 3.8) is 0 Å². The van der Waals surface area contributed by atoms with Gasteiger partial charge < -0.3 is 9.47 Å². The molecule has 2 aromatic heterocycles. The SMILES string of the molecule is CCn1nc(C(=O)Nc2nc(-c3ccc(OC)cc3OC)cs2)cc1C. The fourth-order valence-corrected chi connectivity index (χ4v) is 3.27. The lowest BCUT2D eigenvalue weighted by Crippen LogP contribution is -2.13. The first-order valence-corrected chi connectivity index (χ1v) is 8.97. The average Bonchev–Trinajstić information content (AvgIpc) is 3.27. The zero-order valence-corrected chi connectivity index (χ0v) is 15.9. The molecule has 8 heteroatoms. The zero-order valence-electron chi connectivity index (χ0n) is 15.1. The second-order valence-electron chi connectivity index (χ2n) is 5.54. The highest BCUT2D eigenvalue weighted by molar-refractivity contribution is 7.14. The van der Waals surface area contributed by atoms with Crippen LogP contribution in [-0.4, -0.2) is 34.9 Å². The smallest absolute Gasteiger partial charge is 0.277 e. The number of carbonyl (C=O) groups excluding carboxylic acids is 1. The number of hydrogen-bond acceptors (Lipinski definition) is 6. The molecule has 0 fully saturated rings. The molecule has 1 amide bonds. The molecule has 0 atom stereocenters. The largest absolute Gasteiger partial charge is 0.497 e. The molecule has 3 aromatic rings. The summed E-state index contributed by atoms with van der Waals surface area (Å²) < 4.78 is 12.4. The molecule has 0 radical (unpaired) electrons. The van der Waals surface area contributed by atoms with Gasteiger partial charge in [-0.3, -0.25) is 14.8 Å². The van der Waals surface area contributed by atoms with E-state index in [2.05, 4.69) is 15.4 Å². The van der Waals surface area contributed by atoms with Gasteiger partial charge >= 0.3 is 0 Å². The number of carbonyl (C=O) groups is 1. The highest BCUT2D eigenvalue weighted by Crippen LogP contribution is 2.34. The number of methoxy groups -OCH3 is 2. The lowest BCUT2D eigenvalue weighted by Gasteiger charge is -2.08. The standard InChI is InChI=1S/C18H20N4O3S/c1-5-22-11(2)8-14(21-22)17(23)20-18-19-15(10-26-18)13-7-6-12(24-3)9-16(13)25-4/h6-10H,5H2,1-4H3,(H,19,20,23). The molecule has 26 heavy (non-hydrogen) atoms. The molecule has 0 bridgehead atoms. The summed E-state index contributed by atoms with van der Waals surface area (Å²) in [6.45, 7) is 4.62. The number of amides is 1. The molecular formula is C18H20N4O3S. The van der Waals surface area contributed by atoms with Crippen molar-refractivity contribution in [3.8, 4) is 22.8 Å². The van der Waals surface area contributed by atoms with Crippen molar-refractivity contribution < 1.29 is 14.3 Å². The lowest BCUT2D eigenvalue weighted by atomic mass is 10.1. The summed E-state index contributed by atoms with van der Waals surface area (Å²) in [5, 5.41) is 9.46. The third-order valence-corrected chi connectivity index (χ3v) is 4.68. The topological polar surface area (TPSA) is 78.3 Å². The Balaban J connectivity index is 1.80. The summed E-state index contributed by atoms with van der Waals surface area (Å²) in [4.78, 5) is 16.9. The normalized spacial score (nSPS) is 10.6. The Labute approximate surface area is 155 Å². The van der Waals surface area contributed by atoms with Crippen LogP contribution in [0, 0.1) is 6.92 Å². The number of ether oxygens (including phenoxy) is 2. The van der Waals surface area contributed by atoms with Crippen LogP contribution in [0.25, 0.3) is 11.3 Å². The van der Waals surface area contributed by atoms with Gasteiger partial charge in [-0.15, -0.1) is 11.3 Å². The third kappa shape index (κ3) is 3.55. The van der Waals surface area contributed by atoms with Crippen molar-refractivity contribution in [2.75, 3.05) is 19.5 Å². The molecule has 1 N–H and O–H groups in total. The summed E-state index contributed by atoms with van der Waals surface area (Å²) in [5.41, 5.74) is 2.87. The van der Waals surface area contributed by atoms with Gasteiger partial charge in [0.15, 0.2) is 10.8 Å². The Hall–Kier alpha value is -2.87. The van der Waals surface area contributed by atoms with Crippen LogP contribution in [0.5, 0.6) is 11.5 Å². The average molecular weight is 372 g/mol. The van der Waals surface area contributed by atoms with Crippen molar-refractivity contribution in [2.45, 2.75) is 20.4 Å². The first-order valence-electron chi connectivity index (χ1n) is 8.09. The molecule has 0 saturated carbocycles. The van der Waals surface area contributed by atoms with Gasteiger partial charge in [0.1, 0.15) is 11.5 Å². The van der Waals surface area contributed by atoms with Gasteiger partial charge in [0, 0.05) is 29.2 Å². The number of rotatable bonds is 6. The number of benzene rings is 1. The number of anilines is 1. The van der Waals surface area contributed by atoms with E-state index in [1.54, 1.807) is 31.0 Å². The summed E-state index contributed by atoms with van der Waals surface area (Å²) in [6.07, 6.45) is 0. The molecule has 0 saturated heterocycles. The molecule has 1 aromatic carbocycles. The first kappa shape index (κ1) is 17.9. The van der Waals surface area contributed by atoms with Gasteiger partial charge in [-0.1, -0.05) is 0 Å². The van der Waals surface area contributed by atoms with E-state index in [1.807, 2.05) is 31.4 Å².